The first kappa shape index (κ1) is 25.8. The number of aryl methyl sites for hydroxylation is 1. The number of hydrogen-bond acceptors (Lipinski definition) is 8. The summed E-state index contributed by atoms with van der Waals surface area (Å²) in [5.41, 5.74) is 4.05. The quantitative estimate of drug-likeness (QED) is 0.176. The molecule has 2 aromatic carbocycles. The van der Waals surface area contributed by atoms with Gasteiger partial charge in [0.05, 0.1) is 34.1 Å². The number of rotatable bonds is 11. The van der Waals surface area contributed by atoms with Crippen molar-refractivity contribution in [3.05, 3.63) is 90.0 Å². The van der Waals surface area contributed by atoms with Crippen LogP contribution in [0.1, 0.15) is 25.3 Å². The molecule has 3 heterocycles. The summed E-state index contributed by atoms with van der Waals surface area (Å²) in [4.78, 5) is 23.6. The molecule has 0 fully saturated rings. The standard InChI is InChI=1S/C29H27ClN6OS/c1-2-12-33-29-34-19-27(38-29)25-17-24(35-28(36-25)26-18-31-13-14-32-26)22-16-21(10-11-23(22)30)37-15-6-9-20-7-4-3-5-8-20/h3-5,7-8,10-11,13-14,16-19H,2,6,9,12,15H2,1H3,(H,33,34). The van der Waals surface area contributed by atoms with Gasteiger partial charge in [-0.3, -0.25) is 4.98 Å². The highest BCUT2D eigenvalue weighted by atomic mass is 35.5. The Bertz CT molecular complexity index is 1480. The number of thiazole rings is 1. The third kappa shape index (κ3) is 6.51. The van der Waals surface area contributed by atoms with Crippen LogP contribution in [-0.2, 0) is 6.42 Å². The summed E-state index contributed by atoms with van der Waals surface area (Å²) in [5, 5.41) is 4.76. The van der Waals surface area contributed by atoms with Crippen molar-refractivity contribution in [2.24, 2.45) is 0 Å². The van der Waals surface area contributed by atoms with Crippen LogP contribution in [-0.4, -0.2) is 38.1 Å². The molecule has 0 amide bonds. The largest absolute Gasteiger partial charge is 0.494 e. The van der Waals surface area contributed by atoms with Crippen molar-refractivity contribution in [2.45, 2.75) is 26.2 Å². The molecule has 0 saturated heterocycles. The van der Waals surface area contributed by atoms with E-state index >= 15 is 0 Å². The number of benzene rings is 2. The molecule has 0 aliphatic heterocycles. The van der Waals surface area contributed by atoms with Gasteiger partial charge in [0, 0.05) is 30.7 Å². The summed E-state index contributed by atoms with van der Waals surface area (Å²) in [6, 6.07) is 18.0. The number of hydrogen-bond donors (Lipinski definition) is 1. The van der Waals surface area contributed by atoms with E-state index in [1.807, 2.05) is 36.5 Å². The molecule has 0 spiro atoms. The highest BCUT2D eigenvalue weighted by Gasteiger charge is 2.16. The van der Waals surface area contributed by atoms with E-state index in [0.717, 1.165) is 52.8 Å². The van der Waals surface area contributed by atoms with E-state index in [0.29, 0.717) is 28.8 Å². The molecule has 5 aromatic rings. The maximum absolute atomic E-state index is 6.67. The maximum Gasteiger partial charge on any atom is 0.183 e. The summed E-state index contributed by atoms with van der Waals surface area (Å²) in [6.07, 6.45) is 9.62. The van der Waals surface area contributed by atoms with Gasteiger partial charge in [0.2, 0.25) is 0 Å². The SMILES string of the molecule is CCCNc1ncc(-c2cc(-c3cc(OCCCc4ccccc4)ccc3Cl)nc(-c3cnccn3)n2)s1. The number of nitrogens with zero attached hydrogens (tertiary/aromatic N) is 5. The Morgan fingerprint density at radius 1 is 0.921 bits per heavy atom. The summed E-state index contributed by atoms with van der Waals surface area (Å²) < 4.78 is 6.07. The van der Waals surface area contributed by atoms with Gasteiger partial charge in [-0.1, -0.05) is 60.2 Å². The lowest BCUT2D eigenvalue weighted by molar-refractivity contribution is 0.311. The van der Waals surface area contributed by atoms with E-state index < -0.39 is 0 Å². The molecule has 0 atom stereocenters. The van der Waals surface area contributed by atoms with Crippen molar-refractivity contribution in [1.82, 2.24) is 24.9 Å². The fraction of sp³-hybridized carbons (Fsp3) is 0.207. The molecule has 5 rings (SSSR count). The average molecular weight is 543 g/mol. The second-order valence-corrected chi connectivity index (χ2v) is 10.0. The molecule has 7 nitrogen and oxygen atoms in total. The lowest BCUT2D eigenvalue weighted by Crippen LogP contribution is -2.00. The highest BCUT2D eigenvalue weighted by Crippen LogP contribution is 2.35. The lowest BCUT2D eigenvalue weighted by Gasteiger charge is -2.11. The summed E-state index contributed by atoms with van der Waals surface area (Å²) >= 11 is 8.21. The monoisotopic (exact) mass is 542 g/mol. The Kier molecular flexibility index (Phi) is 8.53. The van der Waals surface area contributed by atoms with Gasteiger partial charge in [-0.2, -0.15) is 0 Å². The number of nitrogens with one attached hydrogen (secondary N) is 1. The third-order valence-corrected chi connectivity index (χ3v) is 7.05. The number of halogens is 1. The van der Waals surface area contributed by atoms with E-state index in [1.54, 1.807) is 29.9 Å². The maximum atomic E-state index is 6.67. The van der Waals surface area contributed by atoms with Gasteiger partial charge in [0.1, 0.15) is 11.4 Å². The fourth-order valence-corrected chi connectivity index (χ4v) is 4.87. The zero-order valence-electron chi connectivity index (χ0n) is 21.0. The Balaban J connectivity index is 1.43. The normalized spacial score (nSPS) is 10.9. The molecule has 0 aliphatic carbocycles. The van der Waals surface area contributed by atoms with Crippen molar-refractivity contribution in [2.75, 3.05) is 18.5 Å². The molecule has 1 N–H and O–H groups in total. The minimum absolute atomic E-state index is 0.465. The predicted octanol–water partition coefficient (Wildman–Crippen LogP) is 7.21. The van der Waals surface area contributed by atoms with Gasteiger partial charge < -0.3 is 10.1 Å². The van der Waals surface area contributed by atoms with Gasteiger partial charge in [0.25, 0.3) is 0 Å². The minimum Gasteiger partial charge on any atom is -0.494 e. The van der Waals surface area contributed by atoms with Crippen molar-refractivity contribution < 1.29 is 4.74 Å². The van der Waals surface area contributed by atoms with Crippen molar-refractivity contribution in [3.8, 4) is 39.1 Å². The van der Waals surface area contributed by atoms with E-state index in [1.165, 1.54) is 5.56 Å². The summed E-state index contributed by atoms with van der Waals surface area (Å²) in [7, 11) is 0. The number of aromatic nitrogens is 5. The van der Waals surface area contributed by atoms with Crippen LogP contribution in [0.3, 0.4) is 0 Å². The second kappa shape index (κ2) is 12.6. The minimum atomic E-state index is 0.465. The first-order valence-corrected chi connectivity index (χ1v) is 13.7. The second-order valence-electron chi connectivity index (χ2n) is 8.59. The van der Waals surface area contributed by atoms with E-state index in [-0.39, 0.29) is 0 Å². The first-order chi connectivity index (χ1) is 18.7. The molecular formula is C29H27ClN6OS. The van der Waals surface area contributed by atoms with Crippen molar-refractivity contribution in [3.63, 3.8) is 0 Å². The van der Waals surface area contributed by atoms with Gasteiger partial charge in [0.15, 0.2) is 11.0 Å². The van der Waals surface area contributed by atoms with Gasteiger partial charge in [-0.15, -0.1) is 0 Å². The molecule has 9 heteroatoms. The van der Waals surface area contributed by atoms with E-state index in [9.17, 15) is 0 Å². The molecule has 38 heavy (non-hydrogen) atoms. The zero-order chi connectivity index (χ0) is 26.2. The molecule has 0 saturated carbocycles. The average Bonchev–Trinajstić information content (AvgIpc) is 3.45. The Morgan fingerprint density at radius 2 is 1.79 bits per heavy atom. The molecule has 0 radical (unpaired) electrons. The molecule has 192 valence electrons. The number of anilines is 1. The molecule has 0 unspecified atom stereocenters. The van der Waals surface area contributed by atoms with Crippen LogP contribution in [0.4, 0.5) is 5.13 Å². The van der Waals surface area contributed by atoms with Crippen LogP contribution in [0.5, 0.6) is 5.75 Å². The topological polar surface area (TPSA) is 85.7 Å². The van der Waals surface area contributed by atoms with E-state index in [4.69, 9.17) is 26.3 Å². The fourth-order valence-electron chi connectivity index (χ4n) is 3.85. The Labute approximate surface area is 231 Å². The van der Waals surface area contributed by atoms with Crippen molar-refractivity contribution >= 4 is 28.1 Å². The summed E-state index contributed by atoms with van der Waals surface area (Å²) in [5.74, 6) is 1.20. The van der Waals surface area contributed by atoms with Crippen molar-refractivity contribution in [1.29, 1.82) is 0 Å². The van der Waals surface area contributed by atoms with Crippen LogP contribution in [0, 0.1) is 0 Å². The van der Waals surface area contributed by atoms with Crippen LogP contribution >= 0.6 is 22.9 Å². The van der Waals surface area contributed by atoms with Gasteiger partial charge in [-0.05, 0) is 49.1 Å². The molecule has 0 bridgehead atoms. The third-order valence-electron chi connectivity index (χ3n) is 5.74. The molecule has 0 aliphatic rings. The van der Waals surface area contributed by atoms with Gasteiger partial charge >= 0.3 is 0 Å². The Morgan fingerprint density at radius 3 is 2.61 bits per heavy atom. The smallest absolute Gasteiger partial charge is 0.183 e. The number of ether oxygens (including phenoxy) is 1. The van der Waals surface area contributed by atoms with Crippen LogP contribution in [0.2, 0.25) is 5.02 Å². The lowest BCUT2D eigenvalue weighted by atomic mass is 10.1. The van der Waals surface area contributed by atoms with Crippen LogP contribution in [0.25, 0.3) is 33.3 Å². The van der Waals surface area contributed by atoms with Crippen LogP contribution in [0.15, 0.2) is 79.4 Å². The predicted molar refractivity (Wildman–Crippen MR) is 154 cm³/mol. The summed E-state index contributed by atoms with van der Waals surface area (Å²) in [6.45, 7) is 3.58. The first-order valence-electron chi connectivity index (χ1n) is 12.5. The zero-order valence-corrected chi connectivity index (χ0v) is 22.5. The molecular weight excluding hydrogens is 516 g/mol. The van der Waals surface area contributed by atoms with Gasteiger partial charge in [-0.25, -0.2) is 19.9 Å². The molecule has 3 aromatic heterocycles. The Hall–Kier alpha value is -3.88. The van der Waals surface area contributed by atoms with Crippen LogP contribution < -0.4 is 10.1 Å². The highest BCUT2D eigenvalue weighted by molar-refractivity contribution is 7.18. The van der Waals surface area contributed by atoms with E-state index in [2.05, 4.69) is 51.5 Å².